The Balaban J connectivity index is 1.59. The highest BCUT2D eigenvalue weighted by atomic mass is 16.2. The smallest absolute Gasteiger partial charge is 0.324 e. The number of fused-ring (bicyclic) bond motifs is 5. The first-order valence-corrected chi connectivity index (χ1v) is 13.4. The zero-order chi connectivity index (χ0) is 25.1. The fourth-order valence-corrected chi connectivity index (χ4v) is 8.30. The lowest BCUT2D eigenvalue weighted by atomic mass is 9.47. The molecule has 0 aromatic carbocycles. The number of rotatable bonds is 3. The second kappa shape index (κ2) is 8.67. The predicted octanol–water partition coefficient (Wildman–Crippen LogP) is 4.85. The van der Waals surface area contributed by atoms with Crippen LogP contribution in [-0.4, -0.2) is 53.8 Å². The lowest BCUT2D eigenvalue weighted by molar-refractivity contribution is -0.146. The molecule has 6 heteroatoms. The highest BCUT2D eigenvalue weighted by molar-refractivity contribution is 5.96. The maximum absolute atomic E-state index is 13.9. The van der Waals surface area contributed by atoms with Gasteiger partial charge in [0.25, 0.3) is 0 Å². The van der Waals surface area contributed by atoms with Crippen LogP contribution >= 0.6 is 0 Å². The van der Waals surface area contributed by atoms with Crippen molar-refractivity contribution in [3.8, 4) is 0 Å². The Kier molecular flexibility index (Phi) is 6.44. The third-order valence-corrected chi connectivity index (χ3v) is 9.90. The van der Waals surface area contributed by atoms with Crippen molar-refractivity contribution >= 4 is 17.8 Å². The summed E-state index contributed by atoms with van der Waals surface area (Å²) in [7, 11) is 1.96. The molecule has 7 atom stereocenters. The van der Waals surface area contributed by atoms with E-state index in [-0.39, 0.29) is 46.1 Å². The molecule has 0 aromatic heterocycles. The molecule has 4 amide bonds. The Bertz CT molecular complexity index is 877. The number of carbonyl (C=O) groups is 3. The maximum Gasteiger partial charge on any atom is 0.324 e. The largest absolute Gasteiger partial charge is 0.338 e. The van der Waals surface area contributed by atoms with Crippen molar-refractivity contribution in [2.75, 3.05) is 20.1 Å². The number of amides is 4. The summed E-state index contributed by atoms with van der Waals surface area (Å²) in [5.41, 5.74) is -0.209. The molecule has 6 nitrogen and oxygen atoms in total. The molecule has 2 unspecified atom stereocenters. The van der Waals surface area contributed by atoms with Gasteiger partial charge in [-0.1, -0.05) is 40.7 Å². The monoisotopic (exact) mass is 471 g/mol. The van der Waals surface area contributed by atoms with Gasteiger partial charge in [-0.15, -0.1) is 0 Å². The fraction of sp³-hybridized carbons (Fsp3) is 0.821. The van der Waals surface area contributed by atoms with Crippen LogP contribution in [0.3, 0.4) is 0 Å². The number of likely N-dealkylation sites (N-methyl/N-ethyl adjacent to an activating group) is 1. The molecule has 0 spiro atoms. The highest BCUT2D eigenvalue weighted by Gasteiger charge is 2.62. The summed E-state index contributed by atoms with van der Waals surface area (Å²) in [4.78, 5) is 42.7. The van der Waals surface area contributed by atoms with Crippen LogP contribution in [0.4, 0.5) is 4.79 Å². The Morgan fingerprint density at radius 2 is 1.82 bits per heavy atom. The van der Waals surface area contributed by atoms with Crippen LogP contribution in [0.2, 0.25) is 0 Å². The van der Waals surface area contributed by atoms with Crippen molar-refractivity contribution in [3.63, 3.8) is 0 Å². The van der Waals surface area contributed by atoms with Gasteiger partial charge in [-0.25, -0.2) is 4.79 Å². The summed E-state index contributed by atoms with van der Waals surface area (Å²) < 4.78 is 0. The van der Waals surface area contributed by atoms with Crippen molar-refractivity contribution in [1.82, 2.24) is 15.1 Å². The van der Waals surface area contributed by atoms with Gasteiger partial charge in [0.1, 0.15) is 0 Å². The average Bonchev–Trinajstić information content (AvgIpc) is 3.11. The molecule has 3 saturated carbocycles. The van der Waals surface area contributed by atoms with Gasteiger partial charge in [0.2, 0.25) is 11.8 Å². The molecular weight excluding hydrogens is 426 g/mol. The van der Waals surface area contributed by atoms with E-state index in [0.717, 1.165) is 38.5 Å². The predicted molar refractivity (Wildman–Crippen MR) is 134 cm³/mol. The molecule has 3 fully saturated rings. The zero-order valence-electron chi connectivity index (χ0n) is 22.3. The van der Waals surface area contributed by atoms with Crippen LogP contribution < -0.4 is 5.32 Å². The van der Waals surface area contributed by atoms with Crippen molar-refractivity contribution in [1.29, 1.82) is 0 Å². The molecule has 0 radical (unpaired) electrons. The Labute approximate surface area is 205 Å². The molecule has 1 aliphatic heterocycles. The van der Waals surface area contributed by atoms with E-state index in [1.54, 1.807) is 6.08 Å². The van der Waals surface area contributed by atoms with Gasteiger partial charge in [-0.2, -0.15) is 0 Å². The first-order chi connectivity index (χ1) is 15.8. The minimum atomic E-state index is -0.253. The number of carbonyl (C=O) groups excluding carboxylic acids is 3. The minimum absolute atomic E-state index is 0.00822. The summed E-state index contributed by atoms with van der Waals surface area (Å²) in [6.45, 7) is 13.8. The lowest BCUT2D eigenvalue weighted by Crippen LogP contribution is -2.60. The molecule has 1 N–H and O–H groups in total. The Hall–Kier alpha value is -1.85. The molecule has 1 heterocycles. The first-order valence-electron chi connectivity index (χ1n) is 13.4. The zero-order valence-corrected chi connectivity index (χ0v) is 22.3. The molecule has 0 aromatic rings. The van der Waals surface area contributed by atoms with Gasteiger partial charge >= 0.3 is 6.03 Å². The molecular formula is C28H45N3O3. The van der Waals surface area contributed by atoms with Gasteiger partial charge in [-0.3, -0.25) is 14.5 Å². The lowest BCUT2D eigenvalue weighted by Gasteiger charge is -2.60. The van der Waals surface area contributed by atoms with E-state index in [1.807, 2.05) is 18.9 Å². The topological polar surface area (TPSA) is 69.7 Å². The van der Waals surface area contributed by atoms with E-state index in [9.17, 15) is 14.4 Å². The van der Waals surface area contributed by atoms with E-state index < -0.39 is 0 Å². The summed E-state index contributed by atoms with van der Waals surface area (Å²) in [5.74, 6) is 1.66. The van der Waals surface area contributed by atoms with Gasteiger partial charge in [0.15, 0.2) is 0 Å². The van der Waals surface area contributed by atoms with E-state index in [4.69, 9.17) is 0 Å². The molecule has 190 valence electrons. The number of hydrogen-bond donors (Lipinski definition) is 1. The highest BCUT2D eigenvalue weighted by Crippen LogP contribution is 2.65. The van der Waals surface area contributed by atoms with Crippen molar-refractivity contribution in [3.05, 3.63) is 12.2 Å². The maximum atomic E-state index is 13.9. The van der Waals surface area contributed by atoms with Crippen molar-refractivity contribution in [2.45, 2.75) is 86.1 Å². The number of hydrogen-bond acceptors (Lipinski definition) is 3. The fourth-order valence-electron chi connectivity index (χ4n) is 8.30. The SMILES string of the molecule is CCNC(=O)N(CC(C)(C)C)C(=O)C1CC[C@H]2[C@@H]3CCC4N(C)C(=O)C=C[C@]4(C)[C@@H]3CC[C@]12C. The van der Waals surface area contributed by atoms with Crippen LogP contribution in [0, 0.1) is 39.9 Å². The summed E-state index contributed by atoms with van der Waals surface area (Å²) in [5, 5.41) is 2.87. The van der Waals surface area contributed by atoms with E-state index in [1.165, 1.54) is 4.90 Å². The van der Waals surface area contributed by atoms with Crippen LogP contribution in [0.15, 0.2) is 12.2 Å². The quantitative estimate of drug-likeness (QED) is 0.640. The number of nitrogens with zero attached hydrogens (tertiary/aromatic N) is 2. The van der Waals surface area contributed by atoms with Gasteiger partial charge in [-0.05, 0) is 80.1 Å². The molecule has 34 heavy (non-hydrogen) atoms. The normalized spacial score (nSPS) is 39.2. The van der Waals surface area contributed by atoms with Crippen molar-refractivity contribution in [2.24, 2.45) is 39.9 Å². The Morgan fingerprint density at radius 3 is 2.47 bits per heavy atom. The number of imide groups is 1. The summed E-state index contributed by atoms with van der Waals surface area (Å²) >= 11 is 0. The summed E-state index contributed by atoms with van der Waals surface area (Å²) in [6, 6.07) is 0.0192. The second-order valence-electron chi connectivity index (χ2n) is 13.1. The number of nitrogens with one attached hydrogen (secondary N) is 1. The molecule has 4 aliphatic rings. The van der Waals surface area contributed by atoms with Gasteiger partial charge in [0.05, 0.1) is 0 Å². The van der Waals surface area contributed by atoms with Crippen molar-refractivity contribution < 1.29 is 14.4 Å². The average molecular weight is 472 g/mol. The minimum Gasteiger partial charge on any atom is -0.338 e. The van der Waals surface area contributed by atoms with Gasteiger partial charge < -0.3 is 10.2 Å². The summed E-state index contributed by atoms with van der Waals surface area (Å²) in [6.07, 6.45) is 10.2. The van der Waals surface area contributed by atoms with Crippen LogP contribution in [0.5, 0.6) is 0 Å². The van der Waals surface area contributed by atoms with E-state index in [0.29, 0.717) is 30.8 Å². The van der Waals surface area contributed by atoms with E-state index in [2.05, 4.69) is 46.0 Å². The Morgan fingerprint density at radius 1 is 1.12 bits per heavy atom. The third-order valence-electron chi connectivity index (χ3n) is 9.90. The first kappa shape index (κ1) is 25.2. The molecule has 4 rings (SSSR count). The third kappa shape index (κ3) is 3.99. The number of urea groups is 1. The molecule has 3 aliphatic carbocycles. The van der Waals surface area contributed by atoms with Crippen LogP contribution in [0.25, 0.3) is 0 Å². The van der Waals surface area contributed by atoms with Gasteiger partial charge in [0, 0.05) is 37.5 Å². The molecule has 0 bridgehead atoms. The molecule has 0 saturated heterocycles. The van der Waals surface area contributed by atoms with E-state index >= 15 is 0 Å². The van der Waals surface area contributed by atoms with Crippen LogP contribution in [0.1, 0.15) is 80.1 Å². The standard InChI is InChI=1S/C28H45N3O3/c1-8-29-25(34)31(17-26(2,3)4)24(33)21-11-10-19-18-9-12-22-28(6,16-14-23(32)30(22)7)20(18)13-15-27(19,21)5/h14,16,18-22H,8-13,15,17H2,1-7H3,(H,29,34)/t18-,19-,20+,21?,22?,27-,28+/m0/s1. The second-order valence-corrected chi connectivity index (χ2v) is 13.1. The van der Waals surface area contributed by atoms with Crippen LogP contribution in [-0.2, 0) is 9.59 Å².